The molecule has 0 saturated heterocycles. The number of carbonyl (C=O) groups is 2. The van der Waals surface area contributed by atoms with Gasteiger partial charge in [-0.1, -0.05) is 57.6 Å². The number of hydrogen-bond acceptors (Lipinski definition) is 4. The van der Waals surface area contributed by atoms with E-state index in [1.54, 1.807) is 24.3 Å². The van der Waals surface area contributed by atoms with E-state index in [0.29, 0.717) is 30.3 Å². The van der Waals surface area contributed by atoms with E-state index in [4.69, 9.17) is 9.47 Å². The van der Waals surface area contributed by atoms with E-state index in [2.05, 4.69) is 12.2 Å². The molecule has 2 aromatic carbocycles. The van der Waals surface area contributed by atoms with Crippen molar-refractivity contribution in [2.75, 3.05) is 6.61 Å². The highest BCUT2D eigenvalue weighted by atomic mass is 16.5. The van der Waals surface area contributed by atoms with Crippen LogP contribution in [0.4, 0.5) is 0 Å². The Morgan fingerprint density at radius 1 is 0.970 bits per heavy atom. The summed E-state index contributed by atoms with van der Waals surface area (Å²) in [6.45, 7) is 3.26. The molecule has 1 aliphatic rings. The van der Waals surface area contributed by atoms with E-state index in [0.717, 1.165) is 56.4 Å². The molecule has 0 heterocycles. The van der Waals surface area contributed by atoms with Gasteiger partial charge in [0, 0.05) is 5.56 Å². The highest BCUT2D eigenvalue weighted by molar-refractivity contribution is 5.96. The molecule has 1 unspecified atom stereocenters. The van der Waals surface area contributed by atoms with Gasteiger partial charge in [0.1, 0.15) is 24.1 Å². The summed E-state index contributed by atoms with van der Waals surface area (Å²) in [5, 5.41) is 12.2. The lowest BCUT2D eigenvalue weighted by atomic mass is 9.85. The van der Waals surface area contributed by atoms with Gasteiger partial charge in [0.2, 0.25) is 0 Å². The maximum absolute atomic E-state index is 12.6. The van der Waals surface area contributed by atoms with Gasteiger partial charge in [-0.3, -0.25) is 4.79 Å². The van der Waals surface area contributed by atoms with Crippen molar-refractivity contribution in [3.8, 4) is 11.5 Å². The molecule has 6 nitrogen and oxygen atoms in total. The Hall–Kier alpha value is -3.02. The maximum atomic E-state index is 12.6. The molecule has 1 fully saturated rings. The van der Waals surface area contributed by atoms with Gasteiger partial charge in [-0.25, -0.2) is 4.79 Å². The van der Waals surface area contributed by atoms with Gasteiger partial charge in [-0.15, -0.1) is 0 Å². The van der Waals surface area contributed by atoms with Crippen molar-refractivity contribution in [1.29, 1.82) is 0 Å². The lowest BCUT2D eigenvalue weighted by molar-refractivity contribution is -0.139. The van der Waals surface area contributed by atoms with Crippen LogP contribution in [0.2, 0.25) is 0 Å². The van der Waals surface area contributed by atoms with Gasteiger partial charge >= 0.3 is 5.97 Å². The number of benzene rings is 2. The van der Waals surface area contributed by atoms with Gasteiger partial charge in [-0.05, 0) is 60.7 Å². The Kier molecular flexibility index (Phi) is 9.60. The number of carboxylic acid groups (broad SMARTS) is 1. The topological polar surface area (TPSA) is 84.9 Å². The SMILES string of the molecule is CCCCOc1ccc(COc2ccc(C(=O)NC(CC3CCCCC3)C(=O)O)cc2)cc1. The van der Waals surface area contributed by atoms with Gasteiger partial charge in [0.15, 0.2) is 0 Å². The Morgan fingerprint density at radius 3 is 2.24 bits per heavy atom. The fourth-order valence-electron chi connectivity index (χ4n) is 4.10. The van der Waals surface area contributed by atoms with Crippen LogP contribution in [0.5, 0.6) is 11.5 Å². The number of rotatable bonds is 12. The second kappa shape index (κ2) is 12.9. The van der Waals surface area contributed by atoms with Crippen molar-refractivity contribution in [3.05, 3.63) is 59.7 Å². The maximum Gasteiger partial charge on any atom is 0.326 e. The number of unbranched alkanes of at least 4 members (excludes halogenated alkanes) is 1. The van der Waals surface area contributed by atoms with Gasteiger partial charge in [0.25, 0.3) is 5.91 Å². The van der Waals surface area contributed by atoms with E-state index in [1.165, 1.54) is 6.42 Å². The van der Waals surface area contributed by atoms with Crippen LogP contribution >= 0.6 is 0 Å². The van der Waals surface area contributed by atoms with E-state index < -0.39 is 12.0 Å². The summed E-state index contributed by atoms with van der Waals surface area (Å²) in [4.78, 5) is 24.2. The van der Waals surface area contributed by atoms with Crippen LogP contribution in [-0.2, 0) is 11.4 Å². The van der Waals surface area contributed by atoms with Crippen molar-refractivity contribution >= 4 is 11.9 Å². The number of nitrogens with one attached hydrogen (secondary N) is 1. The van der Waals surface area contributed by atoms with Crippen molar-refractivity contribution in [3.63, 3.8) is 0 Å². The lowest BCUT2D eigenvalue weighted by Crippen LogP contribution is -2.42. The van der Waals surface area contributed by atoms with Crippen LogP contribution in [0.15, 0.2) is 48.5 Å². The second-order valence-corrected chi connectivity index (χ2v) is 8.76. The third kappa shape index (κ3) is 8.12. The zero-order valence-corrected chi connectivity index (χ0v) is 19.4. The molecule has 2 aromatic rings. The quantitative estimate of drug-likeness (QED) is 0.409. The molecule has 1 amide bonds. The Balaban J connectivity index is 1.48. The average molecular weight is 454 g/mol. The third-order valence-corrected chi connectivity index (χ3v) is 6.11. The molecule has 0 radical (unpaired) electrons. The van der Waals surface area contributed by atoms with E-state index in [9.17, 15) is 14.7 Å². The van der Waals surface area contributed by atoms with Crippen molar-refractivity contribution in [2.24, 2.45) is 5.92 Å². The molecule has 3 rings (SSSR count). The largest absolute Gasteiger partial charge is 0.494 e. The number of aliphatic carboxylic acids is 1. The molecule has 6 heteroatoms. The van der Waals surface area contributed by atoms with E-state index in [1.807, 2.05) is 24.3 Å². The fourth-order valence-corrected chi connectivity index (χ4v) is 4.10. The predicted molar refractivity (Wildman–Crippen MR) is 128 cm³/mol. The minimum Gasteiger partial charge on any atom is -0.494 e. The van der Waals surface area contributed by atoms with Crippen LogP contribution in [0.1, 0.15) is 74.2 Å². The van der Waals surface area contributed by atoms with Crippen LogP contribution in [0, 0.1) is 5.92 Å². The average Bonchev–Trinajstić information content (AvgIpc) is 2.84. The summed E-state index contributed by atoms with van der Waals surface area (Å²) >= 11 is 0. The number of amides is 1. The van der Waals surface area contributed by atoms with Gasteiger partial charge in [-0.2, -0.15) is 0 Å². The molecule has 0 bridgehead atoms. The van der Waals surface area contributed by atoms with E-state index >= 15 is 0 Å². The number of carboxylic acids is 1. The first-order chi connectivity index (χ1) is 16.0. The normalized spacial score (nSPS) is 14.9. The Morgan fingerprint density at radius 2 is 1.61 bits per heavy atom. The first-order valence-electron chi connectivity index (χ1n) is 12.0. The Labute approximate surface area is 196 Å². The van der Waals surface area contributed by atoms with Crippen LogP contribution in [-0.4, -0.2) is 29.6 Å². The monoisotopic (exact) mass is 453 g/mol. The summed E-state index contributed by atoms with van der Waals surface area (Å²) in [5.41, 5.74) is 1.44. The summed E-state index contributed by atoms with van der Waals surface area (Å²) in [6.07, 6.45) is 8.22. The molecule has 0 spiro atoms. The first kappa shape index (κ1) is 24.6. The molecular formula is C27H35NO5. The van der Waals surface area contributed by atoms with Crippen molar-refractivity contribution in [1.82, 2.24) is 5.32 Å². The molecular weight excluding hydrogens is 418 g/mol. The molecule has 1 saturated carbocycles. The highest BCUT2D eigenvalue weighted by Crippen LogP contribution is 2.27. The fraction of sp³-hybridized carbons (Fsp3) is 0.481. The van der Waals surface area contributed by atoms with Gasteiger partial charge in [0.05, 0.1) is 6.61 Å². The van der Waals surface area contributed by atoms with Crippen LogP contribution in [0.3, 0.4) is 0 Å². The van der Waals surface area contributed by atoms with Crippen LogP contribution < -0.4 is 14.8 Å². The molecule has 178 valence electrons. The standard InChI is InChI=1S/C27H35NO5/c1-2-3-17-32-23-13-9-21(10-14-23)19-33-24-15-11-22(12-16-24)26(29)28-25(27(30)31)18-20-7-5-4-6-8-20/h9-16,20,25H,2-8,17-19H2,1H3,(H,28,29)(H,30,31). The third-order valence-electron chi connectivity index (χ3n) is 6.11. The summed E-state index contributed by atoms with van der Waals surface area (Å²) in [6, 6.07) is 13.8. The van der Waals surface area contributed by atoms with Crippen molar-refractivity contribution < 1.29 is 24.2 Å². The van der Waals surface area contributed by atoms with Crippen molar-refractivity contribution in [2.45, 2.75) is 70.9 Å². The van der Waals surface area contributed by atoms with Gasteiger partial charge < -0.3 is 19.9 Å². The second-order valence-electron chi connectivity index (χ2n) is 8.76. The predicted octanol–water partition coefficient (Wildman–Crippen LogP) is 5.60. The minimum absolute atomic E-state index is 0.368. The molecule has 0 aromatic heterocycles. The lowest BCUT2D eigenvalue weighted by Gasteiger charge is -2.25. The molecule has 2 N–H and O–H groups in total. The summed E-state index contributed by atoms with van der Waals surface area (Å²) < 4.78 is 11.5. The number of carbonyl (C=O) groups excluding carboxylic acids is 1. The summed E-state index contributed by atoms with van der Waals surface area (Å²) in [7, 11) is 0. The summed E-state index contributed by atoms with van der Waals surface area (Å²) in [5.74, 6) is 0.518. The van der Waals surface area contributed by atoms with Crippen LogP contribution in [0.25, 0.3) is 0 Å². The molecule has 1 aliphatic carbocycles. The van der Waals surface area contributed by atoms with E-state index in [-0.39, 0.29) is 5.91 Å². The molecule has 1 atom stereocenters. The zero-order valence-electron chi connectivity index (χ0n) is 19.4. The number of ether oxygens (including phenoxy) is 2. The highest BCUT2D eigenvalue weighted by Gasteiger charge is 2.25. The zero-order chi connectivity index (χ0) is 23.5. The molecule has 33 heavy (non-hydrogen) atoms. The molecule has 0 aliphatic heterocycles. The first-order valence-corrected chi connectivity index (χ1v) is 12.0. The minimum atomic E-state index is -0.976. The number of hydrogen-bond donors (Lipinski definition) is 2. The smallest absolute Gasteiger partial charge is 0.326 e. The Bertz CT molecular complexity index is 872.